The summed E-state index contributed by atoms with van der Waals surface area (Å²) in [6.45, 7) is 3.04. The van der Waals surface area contributed by atoms with Gasteiger partial charge in [0, 0.05) is 16.9 Å². The maximum Gasteiger partial charge on any atom is 0.0591 e. The first kappa shape index (κ1) is 12.3. The summed E-state index contributed by atoms with van der Waals surface area (Å²) in [7, 11) is 0. The molecule has 0 saturated carbocycles. The standard InChI is InChI=1S/C14H15BrN2/c1-2-17-14(12-4-3-9-16-10-12)11-5-7-13(15)8-6-11/h3-10,14,17H,2H2,1H3/t14-/m1/s1. The molecule has 0 radical (unpaired) electrons. The van der Waals surface area contributed by atoms with Crippen LogP contribution in [0.15, 0.2) is 53.3 Å². The Hall–Kier alpha value is -1.19. The molecule has 2 nitrogen and oxygen atoms in total. The van der Waals surface area contributed by atoms with Crippen LogP contribution in [-0.4, -0.2) is 11.5 Å². The molecule has 1 aromatic heterocycles. The van der Waals surface area contributed by atoms with Gasteiger partial charge in [-0.2, -0.15) is 0 Å². The van der Waals surface area contributed by atoms with Gasteiger partial charge >= 0.3 is 0 Å². The van der Waals surface area contributed by atoms with Crippen molar-refractivity contribution in [3.8, 4) is 0 Å². The van der Waals surface area contributed by atoms with E-state index in [0.29, 0.717) is 0 Å². The van der Waals surface area contributed by atoms with Crippen molar-refractivity contribution < 1.29 is 0 Å². The third-order valence-electron chi connectivity index (χ3n) is 2.63. The number of hydrogen-bond acceptors (Lipinski definition) is 2. The van der Waals surface area contributed by atoms with E-state index in [1.54, 1.807) is 6.20 Å². The molecule has 1 aromatic carbocycles. The van der Waals surface area contributed by atoms with Crippen molar-refractivity contribution in [2.45, 2.75) is 13.0 Å². The lowest BCUT2D eigenvalue weighted by Gasteiger charge is -2.18. The Morgan fingerprint density at radius 2 is 1.94 bits per heavy atom. The molecule has 88 valence electrons. The quantitative estimate of drug-likeness (QED) is 0.932. The fraction of sp³-hybridized carbons (Fsp3) is 0.214. The van der Waals surface area contributed by atoms with Gasteiger partial charge in [0.2, 0.25) is 0 Å². The van der Waals surface area contributed by atoms with E-state index < -0.39 is 0 Å². The monoisotopic (exact) mass is 290 g/mol. The molecule has 3 heteroatoms. The van der Waals surface area contributed by atoms with E-state index in [1.807, 2.05) is 12.3 Å². The molecule has 17 heavy (non-hydrogen) atoms. The summed E-state index contributed by atoms with van der Waals surface area (Å²) in [6, 6.07) is 12.7. The average Bonchev–Trinajstić information content (AvgIpc) is 2.38. The minimum Gasteiger partial charge on any atom is -0.306 e. The van der Waals surface area contributed by atoms with Gasteiger partial charge in [-0.05, 0) is 35.9 Å². The van der Waals surface area contributed by atoms with Crippen LogP contribution < -0.4 is 5.32 Å². The largest absolute Gasteiger partial charge is 0.306 e. The van der Waals surface area contributed by atoms with Crippen LogP contribution in [0, 0.1) is 0 Å². The van der Waals surface area contributed by atoms with Crippen molar-refractivity contribution >= 4 is 15.9 Å². The van der Waals surface area contributed by atoms with Crippen molar-refractivity contribution in [1.29, 1.82) is 0 Å². The Morgan fingerprint density at radius 1 is 1.18 bits per heavy atom. The van der Waals surface area contributed by atoms with Gasteiger partial charge in [-0.15, -0.1) is 0 Å². The summed E-state index contributed by atoms with van der Waals surface area (Å²) >= 11 is 3.46. The van der Waals surface area contributed by atoms with E-state index in [2.05, 4.69) is 63.5 Å². The highest BCUT2D eigenvalue weighted by Crippen LogP contribution is 2.22. The van der Waals surface area contributed by atoms with Crippen LogP contribution in [-0.2, 0) is 0 Å². The molecule has 0 unspecified atom stereocenters. The molecule has 0 bridgehead atoms. The lowest BCUT2D eigenvalue weighted by Crippen LogP contribution is -2.21. The minimum atomic E-state index is 0.210. The maximum atomic E-state index is 4.18. The fourth-order valence-electron chi connectivity index (χ4n) is 1.83. The lowest BCUT2D eigenvalue weighted by molar-refractivity contribution is 0.628. The number of rotatable bonds is 4. The highest BCUT2D eigenvalue weighted by molar-refractivity contribution is 9.10. The fourth-order valence-corrected chi connectivity index (χ4v) is 2.10. The van der Waals surface area contributed by atoms with Gasteiger partial charge in [-0.3, -0.25) is 4.98 Å². The molecule has 0 aliphatic heterocycles. The molecule has 0 spiro atoms. The first-order valence-corrected chi connectivity index (χ1v) is 6.49. The molecular formula is C14H15BrN2. The third-order valence-corrected chi connectivity index (χ3v) is 3.16. The molecule has 0 fully saturated rings. The number of halogens is 1. The van der Waals surface area contributed by atoms with Gasteiger partial charge in [0.1, 0.15) is 0 Å². The van der Waals surface area contributed by atoms with Crippen molar-refractivity contribution in [3.05, 3.63) is 64.4 Å². The molecule has 0 aliphatic rings. The second-order valence-electron chi connectivity index (χ2n) is 3.83. The van der Waals surface area contributed by atoms with Crippen LogP contribution in [0.1, 0.15) is 24.1 Å². The molecule has 1 atom stereocenters. The van der Waals surface area contributed by atoms with Gasteiger partial charge in [0.25, 0.3) is 0 Å². The van der Waals surface area contributed by atoms with Crippen molar-refractivity contribution in [3.63, 3.8) is 0 Å². The zero-order valence-corrected chi connectivity index (χ0v) is 11.3. The first-order valence-electron chi connectivity index (χ1n) is 5.70. The number of hydrogen-bond donors (Lipinski definition) is 1. The molecule has 1 N–H and O–H groups in total. The number of pyridine rings is 1. The lowest BCUT2D eigenvalue weighted by atomic mass is 10.0. The maximum absolute atomic E-state index is 4.18. The molecule has 0 saturated heterocycles. The number of benzene rings is 1. The van der Waals surface area contributed by atoms with E-state index in [4.69, 9.17) is 0 Å². The van der Waals surface area contributed by atoms with E-state index in [0.717, 1.165) is 11.0 Å². The first-order chi connectivity index (χ1) is 8.31. The van der Waals surface area contributed by atoms with Gasteiger partial charge in [0.05, 0.1) is 6.04 Å². The van der Waals surface area contributed by atoms with Crippen LogP contribution in [0.2, 0.25) is 0 Å². The van der Waals surface area contributed by atoms with E-state index in [-0.39, 0.29) is 6.04 Å². The van der Waals surface area contributed by atoms with Crippen molar-refractivity contribution in [2.75, 3.05) is 6.54 Å². The molecular weight excluding hydrogens is 276 g/mol. The molecule has 0 amide bonds. The predicted molar refractivity (Wildman–Crippen MR) is 73.9 cm³/mol. The highest BCUT2D eigenvalue weighted by atomic mass is 79.9. The van der Waals surface area contributed by atoms with E-state index in [1.165, 1.54) is 11.1 Å². The summed E-state index contributed by atoms with van der Waals surface area (Å²) < 4.78 is 1.10. The Bertz CT molecular complexity index is 453. The van der Waals surface area contributed by atoms with Crippen LogP contribution >= 0.6 is 15.9 Å². The van der Waals surface area contributed by atoms with Gasteiger partial charge in [-0.25, -0.2) is 0 Å². The topological polar surface area (TPSA) is 24.9 Å². The normalized spacial score (nSPS) is 12.4. The van der Waals surface area contributed by atoms with Gasteiger partial charge < -0.3 is 5.32 Å². The molecule has 2 aromatic rings. The zero-order chi connectivity index (χ0) is 12.1. The van der Waals surface area contributed by atoms with Crippen LogP contribution in [0.5, 0.6) is 0 Å². The number of nitrogens with one attached hydrogen (secondary N) is 1. The minimum absolute atomic E-state index is 0.210. The smallest absolute Gasteiger partial charge is 0.0591 e. The van der Waals surface area contributed by atoms with Crippen molar-refractivity contribution in [2.24, 2.45) is 0 Å². The van der Waals surface area contributed by atoms with Gasteiger partial charge in [0.15, 0.2) is 0 Å². The molecule has 0 aliphatic carbocycles. The zero-order valence-electron chi connectivity index (χ0n) is 9.73. The third kappa shape index (κ3) is 3.14. The highest BCUT2D eigenvalue weighted by Gasteiger charge is 2.12. The second-order valence-corrected chi connectivity index (χ2v) is 4.74. The SMILES string of the molecule is CCN[C@H](c1ccc(Br)cc1)c1cccnc1. The Morgan fingerprint density at radius 3 is 2.53 bits per heavy atom. The second kappa shape index (κ2) is 5.94. The summed E-state index contributed by atoms with van der Waals surface area (Å²) in [5, 5.41) is 3.48. The summed E-state index contributed by atoms with van der Waals surface area (Å²) in [6.07, 6.45) is 3.71. The Balaban J connectivity index is 2.32. The Labute approximate surface area is 110 Å². The van der Waals surface area contributed by atoms with Crippen LogP contribution in [0.3, 0.4) is 0 Å². The summed E-state index contributed by atoms with van der Waals surface area (Å²) in [5.74, 6) is 0. The van der Waals surface area contributed by atoms with E-state index >= 15 is 0 Å². The van der Waals surface area contributed by atoms with Gasteiger partial charge in [-0.1, -0.05) is 41.1 Å². The number of aromatic nitrogens is 1. The van der Waals surface area contributed by atoms with Crippen LogP contribution in [0.4, 0.5) is 0 Å². The van der Waals surface area contributed by atoms with Crippen molar-refractivity contribution in [1.82, 2.24) is 10.3 Å². The number of nitrogens with zero attached hydrogens (tertiary/aromatic N) is 1. The summed E-state index contributed by atoms with van der Waals surface area (Å²) in [4.78, 5) is 4.18. The predicted octanol–water partition coefficient (Wildman–Crippen LogP) is 3.54. The van der Waals surface area contributed by atoms with Crippen LogP contribution in [0.25, 0.3) is 0 Å². The average molecular weight is 291 g/mol. The van der Waals surface area contributed by atoms with E-state index in [9.17, 15) is 0 Å². The molecule has 2 rings (SSSR count). The molecule has 1 heterocycles. The Kier molecular flexibility index (Phi) is 4.29. The summed E-state index contributed by atoms with van der Waals surface area (Å²) in [5.41, 5.74) is 2.44.